The predicted molar refractivity (Wildman–Crippen MR) is 108 cm³/mol. The Morgan fingerprint density at radius 2 is 1.85 bits per heavy atom. The normalized spacial score (nSPS) is 11.1. The largest absolute Gasteiger partial charge is 0.348 e. The number of benzene rings is 1. The van der Waals surface area contributed by atoms with Crippen molar-refractivity contribution in [2.24, 2.45) is 0 Å². The summed E-state index contributed by atoms with van der Waals surface area (Å²) in [5, 5.41) is 12.7. The molecule has 6 nitrogen and oxygen atoms in total. The van der Waals surface area contributed by atoms with E-state index in [0.717, 1.165) is 46.7 Å². The van der Waals surface area contributed by atoms with Gasteiger partial charge in [-0.05, 0) is 61.7 Å². The second-order valence-electron chi connectivity index (χ2n) is 6.76. The maximum atomic E-state index is 12.8. The first kappa shape index (κ1) is 19.4. The summed E-state index contributed by atoms with van der Waals surface area (Å²) in [7, 11) is 0. The van der Waals surface area contributed by atoms with Crippen LogP contribution in [0, 0.1) is 27.7 Å². The van der Waals surface area contributed by atoms with E-state index in [1.165, 1.54) is 11.8 Å². The molecular weight excluding hydrogens is 358 g/mol. The van der Waals surface area contributed by atoms with Crippen LogP contribution in [0.5, 0.6) is 0 Å². The van der Waals surface area contributed by atoms with Crippen LogP contribution in [-0.4, -0.2) is 36.3 Å². The van der Waals surface area contributed by atoms with Crippen molar-refractivity contribution in [1.29, 1.82) is 0 Å². The van der Waals surface area contributed by atoms with Crippen molar-refractivity contribution in [3.05, 3.63) is 52.3 Å². The van der Waals surface area contributed by atoms with Gasteiger partial charge in [0.05, 0.1) is 11.4 Å². The van der Waals surface area contributed by atoms with Crippen LogP contribution in [0.1, 0.15) is 46.2 Å². The Bertz CT molecular complexity index is 953. The molecule has 0 amide bonds. The molecule has 0 aliphatic carbocycles. The summed E-state index contributed by atoms with van der Waals surface area (Å²) in [6.45, 7) is 11.2. The molecule has 0 atom stereocenters. The van der Waals surface area contributed by atoms with Crippen molar-refractivity contribution < 1.29 is 4.79 Å². The Morgan fingerprint density at radius 1 is 1.15 bits per heavy atom. The van der Waals surface area contributed by atoms with Gasteiger partial charge in [-0.3, -0.25) is 4.79 Å². The molecule has 0 N–H and O–H groups in total. The highest BCUT2D eigenvalue weighted by molar-refractivity contribution is 7.99. The fraction of sp³-hybridized carbons (Fsp3) is 0.400. The third kappa shape index (κ3) is 3.83. The molecule has 0 saturated heterocycles. The van der Waals surface area contributed by atoms with Gasteiger partial charge in [0, 0.05) is 23.5 Å². The van der Waals surface area contributed by atoms with Gasteiger partial charge in [-0.1, -0.05) is 36.9 Å². The Morgan fingerprint density at radius 3 is 2.52 bits per heavy atom. The minimum absolute atomic E-state index is 0.103. The fourth-order valence-electron chi connectivity index (χ4n) is 3.41. The highest BCUT2D eigenvalue weighted by atomic mass is 32.2. The first-order valence-corrected chi connectivity index (χ1v) is 10.1. The summed E-state index contributed by atoms with van der Waals surface area (Å²) in [4.78, 5) is 12.8. The average Bonchev–Trinajstić information content (AvgIpc) is 3.19. The van der Waals surface area contributed by atoms with E-state index in [1.807, 2.05) is 52.0 Å². The lowest BCUT2D eigenvalue weighted by molar-refractivity contribution is 0.102. The lowest BCUT2D eigenvalue weighted by atomic mass is 10.1. The van der Waals surface area contributed by atoms with Crippen LogP contribution in [0.25, 0.3) is 5.69 Å². The van der Waals surface area contributed by atoms with Crippen LogP contribution in [0.3, 0.4) is 0 Å². The molecule has 2 heterocycles. The average molecular weight is 384 g/mol. The molecule has 0 aliphatic rings. The number of hydrogen-bond acceptors (Lipinski definition) is 5. The predicted octanol–water partition coefficient (Wildman–Crippen LogP) is 4.08. The molecule has 2 aromatic heterocycles. The molecule has 7 heteroatoms. The number of para-hydroxylation sites is 1. The van der Waals surface area contributed by atoms with Crippen LogP contribution in [0.4, 0.5) is 0 Å². The summed E-state index contributed by atoms with van der Waals surface area (Å²) >= 11 is 1.37. The fourth-order valence-corrected chi connectivity index (χ4v) is 4.17. The van der Waals surface area contributed by atoms with E-state index in [0.29, 0.717) is 10.9 Å². The van der Waals surface area contributed by atoms with Gasteiger partial charge in [-0.25, -0.2) is 0 Å². The van der Waals surface area contributed by atoms with Gasteiger partial charge in [0.1, 0.15) is 0 Å². The Hall–Kier alpha value is -2.41. The molecule has 0 saturated carbocycles. The molecule has 0 radical (unpaired) electrons. The Balaban J connectivity index is 1.80. The zero-order valence-corrected chi connectivity index (χ0v) is 17.3. The Kier molecular flexibility index (Phi) is 5.79. The molecule has 0 spiro atoms. The van der Waals surface area contributed by atoms with Gasteiger partial charge in [0.15, 0.2) is 5.78 Å². The summed E-state index contributed by atoms with van der Waals surface area (Å²) in [5.74, 6) is 0.411. The maximum absolute atomic E-state index is 12.8. The van der Waals surface area contributed by atoms with Crippen molar-refractivity contribution >= 4 is 17.5 Å². The van der Waals surface area contributed by atoms with E-state index in [9.17, 15) is 4.79 Å². The number of nitrogens with zero attached hydrogens (tertiary/aromatic N) is 5. The summed E-state index contributed by atoms with van der Waals surface area (Å²) in [6, 6.07) is 8.07. The highest BCUT2D eigenvalue weighted by Gasteiger charge is 2.18. The monoisotopic (exact) mass is 383 g/mol. The van der Waals surface area contributed by atoms with Crippen LogP contribution in [-0.2, 0) is 6.54 Å². The van der Waals surface area contributed by atoms with Crippen molar-refractivity contribution in [2.45, 2.75) is 52.7 Å². The van der Waals surface area contributed by atoms with Gasteiger partial charge in [-0.2, -0.15) is 4.68 Å². The number of rotatable bonds is 7. The Labute approximate surface area is 164 Å². The lowest BCUT2D eigenvalue weighted by Gasteiger charge is -2.10. The number of thioether (sulfide) groups is 1. The van der Waals surface area contributed by atoms with Gasteiger partial charge in [0.2, 0.25) is 5.16 Å². The number of ketones is 1. The summed E-state index contributed by atoms with van der Waals surface area (Å²) in [5.41, 5.74) is 6.12. The van der Waals surface area contributed by atoms with Crippen molar-refractivity contribution in [1.82, 2.24) is 24.8 Å². The van der Waals surface area contributed by atoms with E-state index >= 15 is 0 Å². The molecule has 0 fully saturated rings. The molecule has 142 valence electrons. The molecule has 1 aromatic carbocycles. The minimum Gasteiger partial charge on any atom is -0.348 e. The quantitative estimate of drug-likeness (QED) is 0.454. The number of tetrazole rings is 1. The van der Waals surface area contributed by atoms with Crippen molar-refractivity contribution in [3.8, 4) is 5.69 Å². The van der Waals surface area contributed by atoms with Gasteiger partial charge >= 0.3 is 0 Å². The van der Waals surface area contributed by atoms with Crippen LogP contribution >= 0.6 is 11.8 Å². The van der Waals surface area contributed by atoms with E-state index < -0.39 is 0 Å². The molecule has 27 heavy (non-hydrogen) atoms. The number of hydrogen-bond donors (Lipinski definition) is 0. The molecule has 3 rings (SSSR count). The van der Waals surface area contributed by atoms with Gasteiger partial charge < -0.3 is 4.57 Å². The number of carbonyl (C=O) groups is 1. The summed E-state index contributed by atoms with van der Waals surface area (Å²) in [6.07, 6.45) is 1.04. The topological polar surface area (TPSA) is 65.6 Å². The second-order valence-corrected chi connectivity index (χ2v) is 7.70. The minimum atomic E-state index is 0.103. The zero-order valence-electron chi connectivity index (χ0n) is 16.5. The zero-order chi connectivity index (χ0) is 19.6. The standard InChI is InChI=1S/C20H25N5OS/c1-6-10-24-15(4)11-17(16(24)5)18(26)12-27-20-21-22-23-25(20)19-13(2)8-7-9-14(19)3/h7-9,11H,6,10,12H2,1-5H3. The molecule has 0 aliphatic heterocycles. The van der Waals surface area contributed by atoms with Crippen molar-refractivity contribution in [3.63, 3.8) is 0 Å². The van der Waals surface area contributed by atoms with Crippen LogP contribution in [0.2, 0.25) is 0 Å². The lowest BCUT2D eigenvalue weighted by Crippen LogP contribution is -2.08. The van der Waals surface area contributed by atoms with E-state index in [2.05, 4.69) is 27.0 Å². The molecule has 3 aromatic rings. The molecule has 0 unspecified atom stereocenters. The molecular formula is C20H25N5OS. The third-order valence-corrected chi connectivity index (χ3v) is 5.67. The highest BCUT2D eigenvalue weighted by Crippen LogP contribution is 2.25. The third-order valence-electron chi connectivity index (χ3n) is 4.75. The first-order valence-electron chi connectivity index (χ1n) is 9.11. The summed E-state index contributed by atoms with van der Waals surface area (Å²) < 4.78 is 3.93. The van der Waals surface area contributed by atoms with Crippen LogP contribution in [0.15, 0.2) is 29.4 Å². The maximum Gasteiger partial charge on any atom is 0.214 e. The number of aryl methyl sites for hydroxylation is 3. The second kappa shape index (κ2) is 8.08. The SMILES string of the molecule is CCCn1c(C)cc(C(=O)CSc2nnnn2-c2c(C)cccc2C)c1C. The van der Waals surface area contributed by atoms with E-state index in [-0.39, 0.29) is 5.78 Å². The molecule has 0 bridgehead atoms. The number of carbonyl (C=O) groups excluding carboxylic acids is 1. The van der Waals surface area contributed by atoms with Crippen molar-refractivity contribution in [2.75, 3.05) is 5.75 Å². The number of Topliss-reactive ketones (excluding diaryl/α,β-unsaturated/α-hetero) is 1. The number of aromatic nitrogens is 5. The van der Waals surface area contributed by atoms with Gasteiger partial charge in [0.25, 0.3) is 0 Å². The van der Waals surface area contributed by atoms with Crippen LogP contribution < -0.4 is 0 Å². The first-order chi connectivity index (χ1) is 12.9. The van der Waals surface area contributed by atoms with Gasteiger partial charge in [-0.15, -0.1) is 5.10 Å². The smallest absolute Gasteiger partial charge is 0.214 e. The van der Waals surface area contributed by atoms with E-state index in [1.54, 1.807) is 4.68 Å². The van der Waals surface area contributed by atoms with E-state index in [4.69, 9.17) is 0 Å².